The normalized spacial score (nSPS) is 18.2. The maximum absolute atomic E-state index is 14.6. The summed E-state index contributed by atoms with van der Waals surface area (Å²) in [6, 6.07) is 15.5. The molecule has 0 unspecified atom stereocenters. The maximum atomic E-state index is 14.6. The summed E-state index contributed by atoms with van der Waals surface area (Å²) in [6.07, 6.45) is -7.11. The van der Waals surface area contributed by atoms with Crippen molar-refractivity contribution in [2.75, 3.05) is 13.1 Å². The van der Waals surface area contributed by atoms with Crippen LogP contribution >= 0.6 is 0 Å². The number of pyridine rings is 1. The number of para-hydroxylation sites is 1. The number of hydrogen-bond acceptors (Lipinski definition) is 5. The lowest BCUT2D eigenvalue weighted by Gasteiger charge is -2.38. The van der Waals surface area contributed by atoms with Crippen LogP contribution in [0.5, 0.6) is 5.88 Å². The highest BCUT2D eigenvalue weighted by Gasteiger charge is 2.47. The Labute approximate surface area is 212 Å². The van der Waals surface area contributed by atoms with Gasteiger partial charge in [0.15, 0.2) is 6.10 Å². The molecule has 1 fully saturated rings. The molecule has 0 aliphatic carbocycles. The van der Waals surface area contributed by atoms with Crippen LogP contribution in [0.25, 0.3) is 10.9 Å². The number of benzene rings is 2. The van der Waals surface area contributed by atoms with Crippen LogP contribution in [0.1, 0.15) is 32.7 Å². The first-order valence-electron chi connectivity index (χ1n) is 11.3. The van der Waals surface area contributed by atoms with Gasteiger partial charge in [-0.05, 0) is 29.8 Å². The van der Waals surface area contributed by atoms with Crippen LogP contribution in [0, 0.1) is 0 Å². The minimum absolute atomic E-state index is 0.0897. The van der Waals surface area contributed by atoms with Crippen molar-refractivity contribution in [2.45, 2.75) is 31.2 Å². The first-order chi connectivity index (χ1) is 17.8. The standard InChI is InChI=1S/C23H19F2N3O3.C2HF3O2/c24-23(25)9-10-28(22(30)15-5-6-16-12-26-21(29)17(16)11-15)13-19(23)31-20-8-7-14-3-1-2-4-18(14)27-20;3-2(4,5)1(6)7/h1-8,11,19H,9-10,12-13H2,(H,26,29);(H,6,7)/t19-;/m0./s1. The number of alkyl halides is 5. The number of carboxylic acid groups (broad SMARTS) is 1. The van der Waals surface area contributed by atoms with E-state index < -0.39 is 36.5 Å². The summed E-state index contributed by atoms with van der Waals surface area (Å²) in [5.41, 5.74) is 2.20. The highest BCUT2D eigenvalue weighted by molar-refractivity contribution is 6.02. The molecule has 0 bridgehead atoms. The third-order valence-corrected chi connectivity index (χ3v) is 5.98. The Balaban J connectivity index is 0.000000426. The number of carbonyl (C=O) groups is 3. The third kappa shape index (κ3) is 5.82. The van der Waals surface area contributed by atoms with Gasteiger partial charge in [-0.1, -0.05) is 24.3 Å². The van der Waals surface area contributed by atoms with Gasteiger partial charge in [0.2, 0.25) is 5.88 Å². The van der Waals surface area contributed by atoms with E-state index in [-0.39, 0.29) is 24.9 Å². The lowest BCUT2D eigenvalue weighted by molar-refractivity contribution is -0.192. The van der Waals surface area contributed by atoms with Crippen molar-refractivity contribution in [1.82, 2.24) is 15.2 Å². The molecule has 1 atom stereocenters. The molecule has 2 aromatic carbocycles. The van der Waals surface area contributed by atoms with Crippen molar-refractivity contribution in [3.8, 4) is 5.88 Å². The lowest BCUT2D eigenvalue weighted by atomic mass is 10.0. The zero-order chi connectivity index (χ0) is 27.7. The van der Waals surface area contributed by atoms with E-state index in [2.05, 4.69) is 10.3 Å². The fourth-order valence-electron chi connectivity index (χ4n) is 3.96. The predicted molar refractivity (Wildman–Crippen MR) is 123 cm³/mol. The summed E-state index contributed by atoms with van der Waals surface area (Å²) in [4.78, 5) is 39.4. The van der Waals surface area contributed by atoms with Gasteiger partial charge < -0.3 is 20.1 Å². The van der Waals surface area contributed by atoms with Crippen LogP contribution in [0.2, 0.25) is 0 Å². The molecule has 0 radical (unpaired) electrons. The number of fused-ring (bicyclic) bond motifs is 2. The highest BCUT2D eigenvalue weighted by Crippen LogP contribution is 2.32. The van der Waals surface area contributed by atoms with Crippen LogP contribution in [-0.4, -0.2) is 64.1 Å². The van der Waals surface area contributed by atoms with E-state index in [9.17, 15) is 31.5 Å². The smallest absolute Gasteiger partial charge is 0.475 e. The summed E-state index contributed by atoms with van der Waals surface area (Å²) in [5.74, 6) is -6.40. The number of rotatable bonds is 3. The maximum Gasteiger partial charge on any atom is 0.490 e. The van der Waals surface area contributed by atoms with Crippen molar-refractivity contribution in [3.05, 3.63) is 71.3 Å². The Kier molecular flexibility index (Phi) is 7.20. The van der Waals surface area contributed by atoms with Gasteiger partial charge >= 0.3 is 12.1 Å². The van der Waals surface area contributed by atoms with E-state index in [1.165, 1.54) is 11.0 Å². The molecule has 5 rings (SSSR count). The van der Waals surface area contributed by atoms with Crippen molar-refractivity contribution < 1.29 is 46.2 Å². The summed E-state index contributed by atoms with van der Waals surface area (Å²) < 4.78 is 66.5. The van der Waals surface area contributed by atoms with Gasteiger partial charge in [-0.15, -0.1) is 0 Å². The molecular weight excluding hydrogens is 517 g/mol. The van der Waals surface area contributed by atoms with E-state index in [1.54, 1.807) is 30.3 Å². The van der Waals surface area contributed by atoms with Gasteiger partial charge in [0.25, 0.3) is 17.7 Å². The molecule has 2 aliphatic rings. The molecule has 0 spiro atoms. The average molecular weight is 537 g/mol. The first-order valence-corrected chi connectivity index (χ1v) is 11.3. The zero-order valence-electron chi connectivity index (χ0n) is 19.5. The number of nitrogens with one attached hydrogen (secondary N) is 1. The Morgan fingerprint density at radius 1 is 1.11 bits per heavy atom. The van der Waals surface area contributed by atoms with Crippen molar-refractivity contribution in [3.63, 3.8) is 0 Å². The number of carbonyl (C=O) groups excluding carboxylic acids is 2. The monoisotopic (exact) mass is 537 g/mol. The number of hydrogen-bond donors (Lipinski definition) is 2. The molecule has 13 heteroatoms. The number of ether oxygens (including phenoxy) is 1. The molecule has 1 aromatic heterocycles. The second-order valence-electron chi connectivity index (χ2n) is 8.57. The number of halogens is 5. The van der Waals surface area contributed by atoms with Crippen LogP contribution < -0.4 is 10.1 Å². The van der Waals surface area contributed by atoms with E-state index in [1.807, 2.05) is 18.2 Å². The highest BCUT2D eigenvalue weighted by atomic mass is 19.4. The fourth-order valence-corrected chi connectivity index (χ4v) is 3.96. The average Bonchev–Trinajstić information content (AvgIpc) is 3.24. The first kappa shape index (κ1) is 26.8. The van der Waals surface area contributed by atoms with Crippen LogP contribution in [-0.2, 0) is 11.3 Å². The number of piperidine rings is 1. The predicted octanol–water partition coefficient (Wildman–Crippen LogP) is 4.04. The molecular formula is C25H20F5N3O5. The molecule has 2 amide bonds. The van der Waals surface area contributed by atoms with Crippen molar-refractivity contribution in [1.29, 1.82) is 0 Å². The van der Waals surface area contributed by atoms with Crippen LogP contribution in [0.3, 0.4) is 0 Å². The third-order valence-electron chi connectivity index (χ3n) is 5.98. The van der Waals surface area contributed by atoms with E-state index in [0.717, 1.165) is 10.9 Å². The SMILES string of the molecule is O=C(O)C(F)(F)F.O=C1NCc2ccc(C(=O)N3CCC(F)(F)[C@@H](Oc4ccc5ccccc5n4)C3)cc21. The number of nitrogens with zero attached hydrogens (tertiary/aromatic N) is 2. The number of carboxylic acids is 1. The molecule has 0 saturated carbocycles. The number of aromatic nitrogens is 1. The topological polar surface area (TPSA) is 109 Å². The summed E-state index contributed by atoms with van der Waals surface area (Å²) in [7, 11) is 0. The van der Waals surface area contributed by atoms with Crippen molar-refractivity contribution in [2.24, 2.45) is 0 Å². The molecule has 1 saturated heterocycles. The van der Waals surface area contributed by atoms with Gasteiger partial charge in [-0.3, -0.25) is 9.59 Å². The van der Waals surface area contributed by atoms with E-state index in [0.29, 0.717) is 23.2 Å². The van der Waals surface area contributed by atoms with Gasteiger partial charge in [0.1, 0.15) is 0 Å². The largest absolute Gasteiger partial charge is 0.490 e. The molecule has 2 N–H and O–H groups in total. The molecule has 38 heavy (non-hydrogen) atoms. The Hall–Kier alpha value is -4.29. The van der Waals surface area contributed by atoms with Gasteiger partial charge in [0, 0.05) is 42.1 Å². The van der Waals surface area contributed by atoms with Gasteiger partial charge in [-0.25, -0.2) is 18.6 Å². The molecule has 200 valence electrons. The summed E-state index contributed by atoms with van der Waals surface area (Å²) >= 11 is 0. The quantitative estimate of drug-likeness (QED) is 0.489. The van der Waals surface area contributed by atoms with Gasteiger partial charge in [0.05, 0.1) is 12.1 Å². The summed E-state index contributed by atoms with van der Waals surface area (Å²) in [6.45, 7) is 0.0526. The number of aliphatic carboxylic acids is 1. The van der Waals surface area contributed by atoms with E-state index in [4.69, 9.17) is 14.6 Å². The fraction of sp³-hybridized carbons (Fsp3) is 0.280. The van der Waals surface area contributed by atoms with Crippen LogP contribution in [0.4, 0.5) is 22.0 Å². The molecule has 8 nitrogen and oxygen atoms in total. The minimum atomic E-state index is -5.08. The van der Waals surface area contributed by atoms with Crippen LogP contribution in [0.15, 0.2) is 54.6 Å². The molecule has 3 aromatic rings. The Bertz CT molecular complexity index is 1400. The van der Waals surface area contributed by atoms with E-state index >= 15 is 0 Å². The minimum Gasteiger partial charge on any atom is -0.475 e. The summed E-state index contributed by atoms with van der Waals surface area (Å²) in [5, 5.41) is 10.7. The molecule has 2 aliphatic heterocycles. The lowest BCUT2D eigenvalue weighted by Crippen LogP contribution is -2.55. The van der Waals surface area contributed by atoms with Gasteiger partial charge in [-0.2, -0.15) is 13.2 Å². The second kappa shape index (κ2) is 10.2. The van der Waals surface area contributed by atoms with Crippen molar-refractivity contribution >= 4 is 28.7 Å². The number of likely N-dealkylation sites (tertiary alicyclic amines) is 1. The number of amides is 2. The molecule has 3 heterocycles. The zero-order valence-corrected chi connectivity index (χ0v) is 19.5. The Morgan fingerprint density at radius 3 is 2.53 bits per heavy atom. The second-order valence-corrected chi connectivity index (χ2v) is 8.57. The Morgan fingerprint density at radius 2 is 1.82 bits per heavy atom.